The van der Waals surface area contributed by atoms with Crippen LogP contribution in [0.4, 0.5) is 11.4 Å². The molecule has 1 aromatic carbocycles. The number of benzene rings is 1. The van der Waals surface area contributed by atoms with Crippen LogP contribution in [0.2, 0.25) is 0 Å². The Bertz CT molecular complexity index is 530. The van der Waals surface area contributed by atoms with E-state index in [2.05, 4.69) is 17.0 Å². The lowest BCUT2D eigenvalue weighted by molar-refractivity contribution is -0.384. The van der Waals surface area contributed by atoms with Gasteiger partial charge in [0.25, 0.3) is 5.69 Å². The molecule has 0 saturated carbocycles. The maximum atomic E-state index is 10.8. The maximum absolute atomic E-state index is 10.8. The lowest BCUT2D eigenvalue weighted by atomic mass is 10.1. The van der Waals surface area contributed by atoms with Gasteiger partial charge in [-0.25, -0.2) is 0 Å². The molecular formula is C12H16N4O3. The van der Waals surface area contributed by atoms with Crippen LogP contribution in [-0.2, 0) is 0 Å². The molecule has 1 atom stereocenters. The number of hydrogen-bond acceptors (Lipinski definition) is 5. The SMILES string of the molecule is CC1CCN(c2ccc([N+](=O)[O-])cc2/C(N)=N/O)C1. The van der Waals surface area contributed by atoms with Crippen molar-refractivity contribution in [1.82, 2.24) is 0 Å². The molecule has 7 nitrogen and oxygen atoms in total. The zero-order valence-electron chi connectivity index (χ0n) is 10.6. The van der Waals surface area contributed by atoms with Gasteiger partial charge in [-0.2, -0.15) is 0 Å². The van der Waals surface area contributed by atoms with E-state index in [1.54, 1.807) is 6.07 Å². The van der Waals surface area contributed by atoms with Crippen LogP contribution in [0.15, 0.2) is 23.4 Å². The highest BCUT2D eigenvalue weighted by Gasteiger charge is 2.23. The van der Waals surface area contributed by atoms with E-state index >= 15 is 0 Å². The van der Waals surface area contributed by atoms with E-state index in [-0.39, 0.29) is 11.5 Å². The number of nitro groups is 1. The summed E-state index contributed by atoms with van der Waals surface area (Å²) in [6, 6.07) is 4.43. The van der Waals surface area contributed by atoms with Crippen molar-refractivity contribution in [3.63, 3.8) is 0 Å². The second-order valence-corrected chi connectivity index (χ2v) is 4.78. The quantitative estimate of drug-likeness (QED) is 0.283. The maximum Gasteiger partial charge on any atom is 0.270 e. The van der Waals surface area contributed by atoms with E-state index in [9.17, 15) is 10.1 Å². The minimum absolute atomic E-state index is 0.0717. The number of oxime groups is 1. The Morgan fingerprint density at radius 2 is 2.37 bits per heavy atom. The normalized spacial score (nSPS) is 19.7. The summed E-state index contributed by atoms with van der Waals surface area (Å²) in [6.07, 6.45) is 1.06. The van der Waals surface area contributed by atoms with Crippen LogP contribution in [0.1, 0.15) is 18.9 Å². The number of rotatable bonds is 3. The summed E-state index contributed by atoms with van der Waals surface area (Å²) in [6.45, 7) is 3.88. The van der Waals surface area contributed by atoms with E-state index < -0.39 is 4.92 Å². The lowest BCUT2D eigenvalue weighted by Gasteiger charge is -2.21. The third-order valence-corrected chi connectivity index (χ3v) is 3.34. The third kappa shape index (κ3) is 2.59. The largest absolute Gasteiger partial charge is 0.409 e. The summed E-state index contributed by atoms with van der Waals surface area (Å²) in [7, 11) is 0. The standard InChI is InChI=1S/C12H16N4O3/c1-8-4-5-15(7-8)11-3-2-9(16(18)19)6-10(11)12(13)14-17/h2-3,6,8,17H,4-5,7H2,1H3,(H2,13,14). The van der Waals surface area contributed by atoms with Crippen LogP contribution in [0.5, 0.6) is 0 Å². The minimum Gasteiger partial charge on any atom is -0.409 e. The predicted octanol–water partition coefficient (Wildman–Crippen LogP) is 1.54. The van der Waals surface area contributed by atoms with Gasteiger partial charge in [0.05, 0.1) is 10.5 Å². The molecule has 1 heterocycles. The zero-order chi connectivity index (χ0) is 14.0. The van der Waals surface area contributed by atoms with Gasteiger partial charge in [-0.15, -0.1) is 0 Å². The van der Waals surface area contributed by atoms with E-state index in [1.165, 1.54) is 12.1 Å². The summed E-state index contributed by atoms with van der Waals surface area (Å²) in [5.74, 6) is 0.452. The van der Waals surface area contributed by atoms with Crippen molar-refractivity contribution < 1.29 is 10.1 Å². The fourth-order valence-electron chi connectivity index (χ4n) is 2.33. The van der Waals surface area contributed by atoms with E-state index in [1.807, 2.05) is 0 Å². The summed E-state index contributed by atoms with van der Waals surface area (Å²) in [5, 5.41) is 22.6. The molecule has 0 spiro atoms. The van der Waals surface area contributed by atoms with E-state index in [0.29, 0.717) is 11.5 Å². The number of hydrogen-bond donors (Lipinski definition) is 2. The molecule has 1 aliphatic rings. The molecule has 7 heteroatoms. The Labute approximate surface area is 110 Å². The predicted molar refractivity (Wildman–Crippen MR) is 71.6 cm³/mol. The first-order valence-corrected chi connectivity index (χ1v) is 6.04. The van der Waals surface area contributed by atoms with Crippen LogP contribution in [0.25, 0.3) is 0 Å². The van der Waals surface area contributed by atoms with E-state index in [4.69, 9.17) is 10.9 Å². The van der Waals surface area contributed by atoms with Crippen LogP contribution < -0.4 is 10.6 Å². The minimum atomic E-state index is -0.495. The Kier molecular flexibility index (Phi) is 3.55. The Balaban J connectivity index is 2.45. The first-order valence-electron chi connectivity index (χ1n) is 6.04. The molecule has 1 fully saturated rings. The lowest BCUT2D eigenvalue weighted by Crippen LogP contribution is -2.24. The number of non-ortho nitro benzene ring substituents is 1. The number of amidine groups is 1. The topological polar surface area (TPSA) is 105 Å². The van der Waals surface area contributed by atoms with E-state index in [0.717, 1.165) is 25.2 Å². The highest BCUT2D eigenvalue weighted by molar-refractivity contribution is 6.02. The molecule has 0 radical (unpaired) electrons. The molecule has 102 valence electrons. The summed E-state index contributed by atoms with van der Waals surface area (Å²) in [4.78, 5) is 12.4. The average Bonchev–Trinajstić information content (AvgIpc) is 2.83. The summed E-state index contributed by atoms with van der Waals surface area (Å²) >= 11 is 0. The zero-order valence-corrected chi connectivity index (χ0v) is 10.6. The number of nitro benzene ring substituents is 1. The highest BCUT2D eigenvalue weighted by Crippen LogP contribution is 2.29. The third-order valence-electron chi connectivity index (χ3n) is 3.34. The van der Waals surface area contributed by atoms with Gasteiger partial charge < -0.3 is 15.8 Å². The number of anilines is 1. The van der Waals surface area contributed by atoms with Crippen LogP contribution in [0, 0.1) is 16.0 Å². The molecule has 19 heavy (non-hydrogen) atoms. The molecule has 0 amide bonds. The van der Waals surface area contributed by atoms with Crippen molar-refractivity contribution in [2.45, 2.75) is 13.3 Å². The van der Waals surface area contributed by atoms with Crippen molar-refractivity contribution in [2.24, 2.45) is 16.8 Å². The molecule has 0 aliphatic carbocycles. The Hall–Kier alpha value is -2.31. The number of nitrogens with zero attached hydrogens (tertiary/aromatic N) is 3. The molecule has 1 aliphatic heterocycles. The molecule has 0 bridgehead atoms. The first-order chi connectivity index (χ1) is 9.02. The van der Waals surface area contributed by atoms with Gasteiger partial charge in [-0.1, -0.05) is 12.1 Å². The molecule has 0 aromatic heterocycles. The second kappa shape index (κ2) is 5.13. The van der Waals surface area contributed by atoms with Crippen molar-refractivity contribution in [3.05, 3.63) is 33.9 Å². The van der Waals surface area contributed by atoms with Gasteiger partial charge >= 0.3 is 0 Å². The van der Waals surface area contributed by atoms with Gasteiger partial charge in [0.1, 0.15) is 0 Å². The molecule has 1 aromatic rings. The molecule has 1 saturated heterocycles. The summed E-state index contributed by atoms with van der Waals surface area (Å²) < 4.78 is 0. The van der Waals surface area contributed by atoms with Crippen LogP contribution in [-0.4, -0.2) is 29.1 Å². The van der Waals surface area contributed by atoms with Crippen LogP contribution in [0.3, 0.4) is 0 Å². The fraction of sp³-hybridized carbons (Fsp3) is 0.417. The van der Waals surface area contributed by atoms with Crippen molar-refractivity contribution >= 4 is 17.2 Å². The van der Waals surface area contributed by atoms with Crippen molar-refractivity contribution in [2.75, 3.05) is 18.0 Å². The highest BCUT2D eigenvalue weighted by atomic mass is 16.6. The Morgan fingerprint density at radius 3 is 2.89 bits per heavy atom. The molecular weight excluding hydrogens is 248 g/mol. The van der Waals surface area contributed by atoms with Crippen molar-refractivity contribution in [3.8, 4) is 0 Å². The van der Waals surface area contributed by atoms with Crippen LogP contribution >= 0.6 is 0 Å². The average molecular weight is 264 g/mol. The van der Waals surface area contributed by atoms with Gasteiger partial charge in [0, 0.05) is 30.9 Å². The molecule has 1 unspecified atom stereocenters. The van der Waals surface area contributed by atoms with Crippen molar-refractivity contribution in [1.29, 1.82) is 0 Å². The number of nitrogens with two attached hydrogens (primary N) is 1. The van der Waals surface area contributed by atoms with Gasteiger partial charge in [0.15, 0.2) is 5.84 Å². The first kappa shape index (κ1) is 13.1. The monoisotopic (exact) mass is 264 g/mol. The molecule has 3 N–H and O–H groups in total. The second-order valence-electron chi connectivity index (χ2n) is 4.78. The smallest absolute Gasteiger partial charge is 0.270 e. The van der Waals surface area contributed by atoms with Gasteiger partial charge in [-0.3, -0.25) is 10.1 Å². The van der Waals surface area contributed by atoms with Gasteiger partial charge in [0.2, 0.25) is 0 Å². The fourth-order valence-corrected chi connectivity index (χ4v) is 2.33. The Morgan fingerprint density at radius 1 is 1.63 bits per heavy atom. The van der Waals surface area contributed by atoms with Gasteiger partial charge in [-0.05, 0) is 18.4 Å². The summed E-state index contributed by atoms with van der Waals surface area (Å²) in [5.41, 5.74) is 6.71. The molecule has 2 rings (SSSR count).